The molecule has 2 aliphatic heterocycles. The van der Waals surface area contributed by atoms with Gasteiger partial charge in [0, 0.05) is 38.0 Å². The molecule has 6 amide bonds. The van der Waals surface area contributed by atoms with Gasteiger partial charge in [0.05, 0.1) is 24.3 Å². The van der Waals surface area contributed by atoms with E-state index in [2.05, 4.69) is 57.1 Å². The molecule has 78 heavy (non-hydrogen) atoms. The molecule has 16 heteroatoms. The number of aryl methyl sites for hydroxylation is 2. The van der Waals surface area contributed by atoms with Crippen molar-refractivity contribution < 1.29 is 38.2 Å². The van der Waals surface area contributed by atoms with E-state index >= 15 is 0 Å². The van der Waals surface area contributed by atoms with E-state index in [9.17, 15) is 28.8 Å². The summed E-state index contributed by atoms with van der Waals surface area (Å²) in [4.78, 5) is 87.8. The number of hydrogen-bond donors (Lipinski definition) is 6. The van der Waals surface area contributed by atoms with E-state index in [-0.39, 0.29) is 97.6 Å². The van der Waals surface area contributed by atoms with E-state index in [1.807, 2.05) is 50.2 Å². The number of nitrogens with one attached hydrogen (secondary N) is 4. The summed E-state index contributed by atoms with van der Waals surface area (Å²) in [5, 5.41) is 12.8. The van der Waals surface area contributed by atoms with Gasteiger partial charge < -0.3 is 52.0 Å². The minimum atomic E-state index is -0.696. The lowest BCUT2D eigenvalue weighted by Gasteiger charge is -2.37. The van der Waals surface area contributed by atoms with Gasteiger partial charge in [-0.05, 0) is 136 Å². The topological polar surface area (TPSA) is 228 Å². The molecule has 0 aromatic heterocycles. The van der Waals surface area contributed by atoms with Crippen LogP contribution in [0.4, 0.5) is 0 Å². The molecule has 0 bridgehead atoms. The van der Waals surface area contributed by atoms with Gasteiger partial charge in [0.15, 0.2) is 0 Å². The first-order valence-electron chi connectivity index (χ1n) is 29.6. The summed E-state index contributed by atoms with van der Waals surface area (Å²) in [5.41, 5.74) is 16.1. The summed E-state index contributed by atoms with van der Waals surface area (Å²) >= 11 is 0. The average molecular weight is 1070 g/mol. The van der Waals surface area contributed by atoms with Crippen LogP contribution in [0.5, 0.6) is 0 Å². The largest absolute Gasteiger partial charge is 0.363 e. The van der Waals surface area contributed by atoms with Gasteiger partial charge in [-0.3, -0.25) is 28.8 Å². The van der Waals surface area contributed by atoms with Crippen LogP contribution in [0.2, 0.25) is 0 Å². The van der Waals surface area contributed by atoms with Crippen molar-refractivity contribution in [1.82, 2.24) is 31.1 Å². The lowest BCUT2D eigenvalue weighted by atomic mass is 9.83. The van der Waals surface area contributed by atoms with Crippen LogP contribution in [0.3, 0.4) is 0 Å². The third-order valence-electron chi connectivity index (χ3n) is 17.8. The van der Waals surface area contributed by atoms with Gasteiger partial charge >= 0.3 is 0 Å². The van der Waals surface area contributed by atoms with Crippen molar-refractivity contribution in [2.75, 3.05) is 39.4 Å². The lowest BCUT2D eigenvalue weighted by Crippen LogP contribution is -2.57. The highest BCUT2D eigenvalue weighted by atomic mass is 16.5. The van der Waals surface area contributed by atoms with Crippen molar-refractivity contribution in [1.29, 1.82) is 0 Å². The van der Waals surface area contributed by atoms with Crippen molar-refractivity contribution in [3.8, 4) is 23.7 Å². The number of likely N-dealkylation sites (tertiary alicyclic amines) is 2. The molecule has 2 aromatic rings. The number of hydrogen-bond acceptors (Lipinski definition) is 10. The Hall–Kier alpha value is -5.78. The fourth-order valence-corrected chi connectivity index (χ4v) is 13.2. The van der Waals surface area contributed by atoms with Gasteiger partial charge in [0.2, 0.25) is 35.4 Å². The summed E-state index contributed by atoms with van der Waals surface area (Å²) in [7, 11) is 0. The van der Waals surface area contributed by atoms with Gasteiger partial charge in [-0.1, -0.05) is 113 Å². The van der Waals surface area contributed by atoms with Crippen molar-refractivity contribution in [3.05, 3.63) is 70.8 Å². The van der Waals surface area contributed by atoms with E-state index in [4.69, 9.17) is 20.9 Å². The zero-order valence-electron chi connectivity index (χ0n) is 46.2. The summed E-state index contributed by atoms with van der Waals surface area (Å²) in [6.45, 7) is 5.33. The number of amides is 6. The number of rotatable bonds is 20. The highest BCUT2D eigenvalue weighted by Crippen LogP contribution is 2.36. The Bertz CT molecular complexity index is 2340. The number of ether oxygens (including phenoxy) is 2. The standard InChI is InChI=1S/C62H86N8O8/c1-3-41(39-63)57(71)65-53(45-23-9-7-10-24-45)61(75)69-35-19-29-49(69)59(73)67-55-47-27-15-13-21-43(47)31-33-51(55)77-37-17-5-6-18-38-78-52-34-32-44-22-14-16-28-48(44)56(52)68-60(74)50-30-20-36-70(50)62(76)54(46-25-11-8-12-26-46)66-58(72)42(4-2)40-64/h13-16,21-22,27-28,41-42,45-46,49-56H,3-4,7-12,19-20,23-26,29-40,63-64H2,1-2H3,(H,65,71)(H,66,72)(H,67,73)(H,68,74)/t41-,42-,49+,50+,51-,52-,53+,54+,55+,56+/m1/s1. The molecular weight excluding hydrogens is 985 g/mol. The molecule has 2 saturated carbocycles. The van der Waals surface area contributed by atoms with Crippen LogP contribution in [0.1, 0.15) is 164 Å². The van der Waals surface area contributed by atoms with Crippen LogP contribution >= 0.6 is 0 Å². The fourth-order valence-electron chi connectivity index (χ4n) is 13.2. The number of nitrogens with two attached hydrogens (primary N) is 2. The Kier molecular flexibility index (Phi) is 21.6. The maximum absolute atomic E-state index is 14.5. The van der Waals surface area contributed by atoms with E-state index in [1.54, 1.807) is 9.80 Å². The Balaban J connectivity index is 0.879. The molecule has 0 radical (unpaired) electrons. The van der Waals surface area contributed by atoms with Crippen molar-refractivity contribution >= 4 is 35.4 Å². The van der Waals surface area contributed by atoms with Crippen molar-refractivity contribution in [2.45, 2.75) is 191 Å². The predicted molar refractivity (Wildman–Crippen MR) is 298 cm³/mol. The second-order valence-electron chi connectivity index (χ2n) is 22.6. The molecule has 4 aliphatic carbocycles. The van der Waals surface area contributed by atoms with Crippen molar-refractivity contribution in [3.63, 3.8) is 0 Å². The number of carbonyl (C=O) groups excluding carboxylic acids is 6. The molecule has 2 aromatic carbocycles. The second-order valence-corrected chi connectivity index (χ2v) is 22.6. The van der Waals surface area contributed by atoms with Gasteiger partial charge in [-0.15, -0.1) is 0 Å². The summed E-state index contributed by atoms with van der Waals surface area (Å²) in [6, 6.07) is 12.5. The molecule has 0 unspecified atom stereocenters. The van der Waals surface area contributed by atoms with Gasteiger partial charge in [0.25, 0.3) is 0 Å². The molecule has 8 N–H and O–H groups in total. The fraction of sp³-hybridized carbons (Fsp3) is 0.645. The first kappa shape index (κ1) is 58.4. The van der Waals surface area contributed by atoms with Crippen LogP contribution in [0.15, 0.2) is 48.5 Å². The SMILES string of the molecule is CC[C@H](CN)C(=O)N[C@H](C(=O)N1CCC[C@H]1C(=O)N[C@H]1c2ccccc2CC[C@H]1OCC#CC#CCO[C@@H]1CCc2ccccc2[C@@H]1NC(=O)[C@@H]1CCCN1C(=O)[C@@H](NC(=O)[C@H](CC)CN)C1CCCCC1)C1CCCCC1. The van der Waals surface area contributed by atoms with Crippen LogP contribution < -0.4 is 32.7 Å². The number of benzene rings is 2. The molecule has 8 rings (SSSR count). The maximum Gasteiger partial charge on any atom is 0.246 e. The molecule has 422 valence electrons. The van der Waals surface area contributed by atoms with Gasteiger partial charge in [0.1, 0.15) is 37.4 Å². The quantitative estimate of drug-likeness (QED) is 0.0920. The molecule has 4 fully saturated rings. The monoisotopic (exact) mass is 1070 g/mol. The van der Waals surface area contributed by atoms with Crippen LogP contribution in [0.25, 0.3) is 0 Å². The van der Waals surface area contributed by atoms with E-state index in [0.29, 0.717) is 64.5 Å². The molecule has 2 saturated heterocycles. The van der Waals surface area contributed by atoms with E-state index in [0.717, 1.165) is 99.3 Å². The minimum Gasteiger partial charge on any atom is -0.363 e. The minimum absolute atomic E-state index is 0.0107. The lowest BCUT2D eigenvalue weighted by molar-refractivity contribution is -0.144. The zero-order chi connectivity index (χ0) is 55.0. The smallest absolute Gasteiger partial charge is 0.246 e. The van der Waals surface area contributed by atoms with Crippen molar-refractivity contribution in [2.24, 2.45) is 35.1 Å². The van der Waals surface area contributed by atoms with Crippen LogP contribution in [0, 0.1) is 47.4 Å². The highest BCUT2D eigenvalue weighted by molar-refractivity contribution is 5.94. The van der Waals surface area contributed by atoms with Crippen LogP contribution in [-0.4, -0.2) is 121 Å². The number of fused-ring (bicyclic) bond motifs is 2. The van der Waals surface area contributed by atoms with E-state index in [1.165, 1.54) is 0 Å². The first-order valence-corrected chi connectivity index (χ1v) is 29.6. The third-order valence-corrected chi connectivity index (χ3v) is 17.8. The summed E-state index contributed by atoms with van der Waals surface area (Å²) in [5.74, 6) is 9.92. The summed E-state index contributed by atoms with van der Waals surface area (Å²) < 4.78 is 12.8. The van der Waals surface area contributed by atoms with Gasteiger partial charge in [-0.25, -0.2) is 0 Å². The zero-order valence-corrected chi connectivity index (χ0v) is 46.2. The molecular formula is C62H86N8O8. The maximum atomic E-state index is 14.5. The molecule has 6 aliphatic rings. The highest BCUT2D eigenvalue weighted by Gasteiger charge is 2.45. The number of nitrogens with zero attached hydrogens (tertiary/aromatic N) is 2. The average Bonchev–Trinajstić information content (AvgIpc) is 4.24. The Morgan fingerprint density at radius 2 is 0.949 bits per heavy atom. The van der Waals surface area contributed by atoms with Gasteiger partial charge in [-0.2, -0.15) is 0 Å². The van der Waals surface area contributed by atoms with E-state index < -0.39 is 36.3 Å². The Labute approximate surface area is 462 Å². The Morgan fingerprint density at radius 1 is 0.551 bits per heavy atom. The summed E-state index contributed by atoms with van der Waals surface area (Å²) in [6.07, 6.45) is 15.4. The number of carbonyl (C=O) groups is 6. The van der Waals surface area contributed by atoms with Crippen LogP contribution in [-0.2, 0) is 51.1 Å². The predicted octanol–water partition coefficient (Wildman–Crippen LogP) is 5.45. The Morgan fingerprint density at radius 3 is 1.33 bits per heavy atom. The normalized spacial score (nSPS) is 24.8. The molecule has 2 heterocycles. The molecule has 10 atom stereocenters. The molecule has 0 spiro atoms. The molecule has 16 nitrogen and oxygen atoms in total. The third kappa shape index (κ3) is 14.3. The second kappa shape index (κ2) is 28.9. The first-order chi connectivity index (χ1) is 38.0.